The molecule has 1 aliphatic rings. The fraction of sp³-hybridized carbons (Fsp3) is 0.417. The average molecular weight is 284 g/mol. The zero-order valence-electron chi connectivity index (χ0n) is 9.37. The molecule has 0 aliphatic carbocycles. The van der Waals surface area contributed by atoms with E-state index >= 15 is 0 Å². The van der Waals surface area contributed by atoms with E-state index in [0.29, 0.717) is 17.2 Å². The molecular formula is C12H14BrNO2. The van der Waals surface area contributed by atoms with E-state index in [2.05, 4.69) is 22.9 Å². The van der Waals surface area contributed by atoms with Crippen molar-refractivity contribution in [3.05, 3.63) is 28.2 Å². The van der Waals surface area contributed by atoms with Crippen LogP contribution < -0.4 is 4.74 Å². The van der Waals surface area contributed by atoms with E-state index in [9.17, 15) is 4.79 Å². The van der Waals surface area contributed by atoms with E-state index in [4.69, 9.17) is 4.74 Å². The highest BCUT2D eigenvalue weighted by Gasteiger charge is 2.30. The van der Waals surface area contributed by atoms with Crippen molar-refractivity contribution < 1.29 is 9.53 Å². The van der Waals surface area contributed by atoms with Crippen LogP contribution in [0.15, 0.2) is 22.7 Å². The first-order valence-corrected chi connectivity index (χ1v) is 6.04. The minimum Gasteiger partial charge on any atom is -0.496 e. The SMILES string of the molecule is COc1cccc(Br)c1C(=O)N1CC(C)C1. The van der Waals surface area contributed by atoms with Crippen LogP contribution in [-0.2, 0) is 0 Å². The molecule has 1 aromatic rings. The summed E-state index contributed by atoms with van der Waals surface area (Å²) >= 11 is 3.40. The van der Waals surface area contributed by atoms with Crippen molar-refractivity contribution in [2.75, 3.05) is 20.2 Å². The summed E-state index contributed by atoms with van der Waals surface area (Å²) < 4.78 is 6.00. The quantitative estimate of drug-likeness (QED) is 0.835. The molecule has 1 saturated heterocycles. The first-order valence-electron chi connectivity index (χ1n) is 5.25. The van der Waals surface area contributed by atoms with Gasteiger partial charge >= 0.3 is 0 Å². The van der Waals surface area contributed by atoms with Crippen LogP contribution in [0.2, 0.25) is 0 Å². The second-order valence-electron chi connectivity index (χ2n) is 4.13. The Morgan fingerprint density at radius 2 is 2.19 bits per heavy atom. The van der Waals surface area contributed by atoms with Crippen LogP contribution in [0.4, 0.5) is 0 Å². The zero-order valence-corrected chi connectivity index (χ0v) is 11.0. The zero-order chi connectivity index (χ0) is 11.7. The minimum absolute atomic E-state index is 0.0439. The van der Waals surface area contributed by atoms with Crippen LogP contribution in [-0.4, -0.2) is 31.0 Å². The van der Waals surface area contributed by atoms with Crippen molar-refractivity contribution in [1.82, 2.24) is 4.90 Å². The van der Waals surface area contributed by atoms with Crippen molar-refractivity contribution in [1.29, 1.82) is 0 Å². The van der Waals surface area contributed by atoms with Crippen LogP contribution in [0.25, 0.3) is 0 Å². The third-order valence-electron chi connectivity index (χ3n) is 2.76. The van der Waals surface area contributed by atoms with Crippen molar-refractivity contribution in [2.45, 2.75) is 6.92 Å². The molecule has 1 fully saturated rings. The van der Waals surface area contributed by atoms with Crippen LogP contribution >= 0.6 is 15.9 Å². The molecule has 1 aliphatic heterocycles. The maximum absolute atomic E-state index is 12.2. The number of methoxy groups -OCH3 is 1. The third-order valence-corrected chi connectivity index (χ3v) is 3.42. The smallest absolute Gasteiger partial charge is 0.258 e. The molecule has 3 nitrogen and oxygen atoms in total. The number of nitrogens with zero attached hydrogens (tertiary/aromatic N) is 1. The lowest BCUT2D eigenvalue weighted by molar-refractivity contribution is 0.0526. The number of likely N-dealkylation sites (tertiary alicyclic amines) is 1. The second kappa shape index (κ2) is 4.45. The Hall–Kier alpha value is -1.03. The maximum Gasteiger partial charge on any atom is 0.258 e. The van der Waals surface area contributed by atoms with Gasteiger partial charge in [-0.2, -0.15) is 0 Å². The normalized spacial score (nSPS) is 15.8. The summed E-state index contributed by atoms with van der Waals surface area (Å²) in [6.07, 6.45) is 0. The molecule has 0 N–H and O–H groups in total. The van der Waals surface area contributed by atoms with E-state index in [-0.39, 0.29) is 5.91 Å². The maximum atomic E-state index is 12.2. The summed E-state index contributed by atoms with van der Waals surface area (Å²) in [7, 11) is 1.58. The Morgan fingerprint density at radius 3 is 2.75 bits per heavy atom. The van der Waals surface area contributed by atoms with Crippen LogP contribution in [0.1, 0.15) is 17.3 Å². The minimum atomic E-state index is 0.0439. The molecule has 4 heteroatoms. The molecule has 0 aromatic heterocycles. The summed E-state index contributed by atoms with van der Waals surface area (Å²) in [6, 6.07) is 5.53. The number of halogens is 1. The first kappa shape index (κ1) is 11.5. The Kier molecular flexibility index (Phi) is 3.19. The van der Waals surface area contributed by atoms with Crippen LogP contribution in [0, 0.1) is 5.92 Å². The Balaban J connectivity index is 2.28. The summed E-state index contributed by atoms with van der Waals surface area (Å²) in [6.45, 7) is 3.81. The van der Waals surface area contributed by atoms with E-state index < -0.39 is 0 Å². The lowest BCUT2D eigenvalue weighted by Crippen LogP contribution is -2.48. The topological polar surface area (TPSA) is 29.5 Å². The lowest BCUT2D eigenvalue weighted by Gasteiger charge is -2.37. The first-order chi connectivity index (χ1) is 7.63. The molecule has 0 saturated carbocycles. The molecule has 0 bridgehead atoms. The van der Waals surface area contributed by atoms with Crippen molar-refractivity contribution in [3.63, 3.8) is 0 Å². The van der Waals surface area contributed by atoms with E-state index in [1.54, 1.807) is 13.2 Å². The van der Waals surface area contributed by atoms with Gasteiger partial charge in [-0.15, -0.1) is 0 Å². The van der Waals surface area contributed by atoms with Crippen molar-refractivity contribution in [2.24, 2.45) is 5.92 Å². The highest BCUT2D eigenvalue weighted by molar-refractivity contribution is 9.10. The van der Waals surface area contributed by atoms with Gasteiger partial charge in [0.15, 0.2) is 0 Å². The highest BCUT2D eigenvalue weighted by atomic mass is 79.9. The predicted molar refractivity (Wildman–Crippen MR) is 65.8 cm³/mol. The molecule has 86 valence electrons. The van der Waals surface area contributed by atoms with E-state index in [1.807, 2.05) is 17.0 Å². The number of hydrogen-bond acceptors (Lipinski definition) is 2. The summed E-state index contributed by atoms with van der Waals surface area (Å²) in [4.78, 5) is 14.0. The number of rotatable bonds is 2. The lowest BCUT2D eigenvalue weighted by atomic mass is 10.0. The molecule has 0 atom stereocenters. The summed E-state index contributed by atoms with van der Waals surface area (Å²) in [5.74, 6) is 1.28. The molecule has 1 aromatic carbocycles. The molecule has 1 heterocycles. The molecular weight excluding hydrogens is 270 g/mol. The Bertz CT molecular complexity index is 413. The molecule has 0 spiro atoms. The van der Waals surface area contributed by atoms with Crippen molar-refractivity contribution >= 4 is 21.8 Å². The monoisotopic (exact) mass is 283 g/mol. The second-order valence-corrected chi connectivity index (χ2v) is 4.99. The third kappa shape index (κ3) is 1.94. The standard InChI is InChI=1S/C12H14BrNO2/c1-8-6-14(7-8)12(15)11-9(13)4-3-5-10(11)16-2/h3-5,8H,6-7H2,1-2H3. The van der Waals surface area contributed by atoms with Gasteiger partial charge in [-0.05, 0) is 34.0 Å². The van der Waals surface area contributed by atoms with Crippen molar-refractivity contribution in [3.8, 4) is 5.75 Å². The van der Waals surface area contributed by atoms with Gasteiger partial charge in [-0.1, -0.05) is 13.0 Å². The number of carbonyl (C=O) groups excluding carboxylic acids is 1. The average Bonchev–Trinajstić information content (AvgIpc) is 2.23. The Labute approximate surface area is 104 Å². The van der Waals surface area contributed by atoms with E-state index in [0.717, 1.165) is 17.6 Å². The number of hydrogen-bond donors (Lipinski definition) is 0. The molecule has 16 heavy (non-hydrogen) atoms. The molecule has 1 amide bonds. The fourth-order valence-corrected chi connectivity index (χ4v) is 2.42. The van der Waals surface area contributed by atoms with Gasteiger partial charge in [0.25, 0.3) is 5.91 Å². The van der Waals surface area contributed by atoms with Gasteiger partial charge in [0.1, 0.15) is 5.75 Å². The van der Waals surface area contributed by atoms with Crippen LogP contribution in [0.5, 0.6) is 5.75 Å². The summed E-state index contributed by atoms with van der Waals surface area (Å²) in [5, 5.41) is 0. The van der Waals surface area contributed by atoms with Gasteiger partial charge in [0, 0.05) is 17.6 Å². The molecule has 0 radical (unpaired) electrons. The largest absolute Gasteiger partial charge is 0.496 e. The number of benzene rings is 1. The number of carbonyl (C=O) groups is 1. The van der Waals surface area contributed by atoms with Crippen LogP contribution in [0.3, 0.4) is 0 Å². The summed E-state index contributed by atoms with van der Waals surface area (Å²) in [5.41, 5.74) is 0.622. The number of ether oxygens (including phenoxy) is 1. The van der Waals surface area contributed by atoms with Gasteiger partial charge in [0.05, 0.1) is 12.7 Å². The predicted octanol–water partition coefficient (Wildman–Crippen LogP) is 2.55. The van der Waals surface area contributed by atoms with Gasteiger partial charge in [0.2, 0.25) is 0 Å². The van der Waals surface area contributed by atoms with Gasteiger partial charge in [-0.3, -0.25) is 4.79 Å². The highest BCUT2D eigenvalue weighted by Crippen LogP contribution is 2.30. The fourth-order valence-electron chi connectivity index (χ4n) is 1.90. The Morgan fingerprint density at radius 1 is 1.50 bits per heavy atom. The van der Waals surface area contributed by atoms with E-state index in [1.165, 1.54) is 0 Å². The van der Waals surface area contributed by atoms with Gasteiger partial charge in [-0.25, -0.2) is 0 Å². The molecule has 0 unspecified atom stereocenters. The number of amides is 1. The molecule has 2 rings (SSSR count). The van der Waals surface area contributed by atoms with Gasteiger partial charge < -0.3 is 9.64 Å².